The van der Waals surface area contributed by atoms with Crippen LogP contribution in [0.15, 0.2) is 48.5 Å². The molecule has 2 aliphatic heterocycles. The fourth-order valence-electron chi connectivity index (χ4n) is 5.50. The summed E-state index contributed by atoms with van der Waals surface area (Å²) in [5.41, 5.74) is 7.89. The van der Waals surface area contributed by atoms with Crippen molar-refractivity contribution in [1.29, 1.82) is 0 Å². The number of aryl methyl sites for hydroxylation is 2. The number of hydrogen-bond acceptors (Lipinski definition) is 5. The summed E-state index contributed by atoms with van der Waals surface area (Å²) in [6.45, 7) is 6.46. The van der Waals surface area contributed by atoms with Crippen LogP contribution in [-0.4, -0.2) is 42.9 Å². The van der Waals surface area contributed by atoms with E-state index in [0.29, 0.717) is 18.1 Å². The average Bonchev–Trinajstić information content (AvgIpc) is 3.55. The zero-order chi connectivity index (χ0) is 24.9. The zero-order valence-corrected chi connectivity index (χ0v) is 21.3. The fraction of sp³-hybridized carbons (Fsp3) is 0.483. The Morgan fingerprint density at radius 3 is 2.67 bits per heavy atom. The highest BCUT2D eigenvalue weighted by atomic mass is 16.7. The number of hydroxylamine groups is 1. The van der Waals surface area contributed by atoms with Crippen molar-refractivity contribution in [3.05, 3.63) is 70.9 Å². The maximum Gasteiger partial charge on any atom is 0.274 e. The number of nitrogens with one attached hydrogen (secondary N) is 2. The molecular weight excluding hydrogens is 454 g/mol. The van der Waals surface area contributed by atoms with Crippen LogP contribution in [-0.2, 0) is 27.9 Å². The maximum atomic E-state index is 12.7. The molecule has 3 aromatic rings. The van der Waals surface area contributed by atoms with Crippen LogP contribution in [0.2, 0.25) is 0 Å². The van der Waals surface area contributed by atoms with E-state index < -0.39 is 0 Å². The van der Waals surface area contributed by atoms with Gasteiger partial charge in [0.1, 0.15) is 6.10 Å². The van der Waals surface area contributed by atoms with Gasteiger partial charge < -0.3 is 19.4 Å². The number of benzene rings is 2. The summed E-state index contributed by atoms with van der Waals surface area (Å²) in [5.74, 6) is 0.436. The molecule has 5 rings (SSSR count). The second-order valence-corrected chi connectivity index (χ2v) is 9.99. The van der Waals surface area contributed by atoms with E-state index in [2.05, 4.69) is 47.5 Å². The number of aromatic nitrogens is 1. The number of ether oxygens (including phenoxy) is 2. The van der Waals surface area contributed by atoms with Crippen molar-refractivity contribution in [2.45, 2.75) is 51.4 Å². The molecule has 1 unspecified atom stereocenters. The lowest BCUT2D eigenvalue weighted by atomic mass is 9.96. The minimum atomic E-state index is -0.380. The van der Waals surface area contributed by atoms with Crippen LogP contribution in [0.1, 0.15) is 59.0 Å². The van der Waals surface area contributed by atoms with E-state index in [1.807, 2.05) is 18.2 Å². The van der Waals surface area contributed by atoms with Crippen molar-refractivity contribution < 1.29 is 19.1 Å². The largest absolute Gasteiger partial charge is 0.381 e. The van der Waals surface area contributed by atoms with E-state index >= 15 is 0 Å². The van der Waals surface area contributed by atoms with Crippen LogP contribution in [0.4, 0.5) is 0 Å². The summed E-state index contributed by atoms with van der Waals surface area (Å²) in [5, 5.41) is 4.86. The van der Waals surface area contributed by atoms with Gasteiger partial charge in [0, 0.05) is 50.1 Å². The molecule has 2 N–H and O–H groups in total. The predicted molar refractivity (Wildman–Crippen MR) is 140 cm³/mol. The molecule has 7 heteroatoms. The number of rotatable bonds is 9. The van der Waals surface area contributed by atoms with Crippen LogP contribution in [0.3, 0.4) is 0 Å². The molecule has 2 aromatic carbocycles. The maximum absolute atomic E-state index is 12.7. The molecule has 36 heavy (non-hydrogen) atoms. The molecule has 1 aromatic heterocycles. The number of amides is 1. The van der Waals surface area contributed by atoms with Gasteiger partial charge >= 0.3 is 0 Å². The lowest BCUT2D eigenvalue weighted by Crippen LogP contribution is -2.31. The SMILES string of the molecule is Cc1c(C(ONC(=O)c2ccccc2)[C@@H]2CCCO2)ccc2cc(CNCC3CCOCC3)n(C)c12. The summed E-state index contributed by atoms with van der Waals surface area (Å²) in [7, 11) is 2.13. The topological polar surface area (TPSA) is 73.8 Å². The van der Waals surface area contributed by atoms with E-state index in [-0.39, 0.29) is 18.1 Å². The van der Waals surface area contributed by atoms with Crippen molar-refractivity contribution in [2.24, 2.45) is 13.0 Å². The lowest BCUT2D eigenvalue weighted by molar-refractivity contribution is -0.0851. The summed E-state index contributed by atoms with van der Waals surface area (Å²) < 4.78 is 13.8. The number of nitrogens with zero attached hydrogens (tertiary/aromatic N) is 1. The van der Waals surface area contributed by atoms with E-state index in [1.165, 1.54) is 16.6 Å². The van der Waals surface area contributed by atoms with Crippen LogP contribution >= 0.6 is 0 Å². The van der Waals surface area contributed by atoms with Crippen molar-refractivity contribution >= 4 is 16.8 Å². The fourth-order valence-corrected chi connectivity index (χ4v) is 5.50. The van der Waals surface area contributed by atoms with Crippen molar-refractivity contribution in [3.8, 4) is 0 Å². The smallest absolute Gasteiger partial charge is 0.274 e. The normalized spacial score (nSPS) is 19.6. The second-order valence-electron chi connectivity index (χ2n) is 9.99. The van der Waals surface area contributed by atoms with Crippen molar-refractivity contribution in [1.82, 2.24) is 15.4 Å². The van der Waals surface area contributed by atoms with Gasteiger partial charge in [0.15, 0.2) is 0 Å². The molecule has 0 spiro atoms. The minimum absolute atomic E-state index is 0.0990. The molecule has 1 amide bonds. The molecule has 0 bridgehead atoms. The average molecular weight is 492 g/mol. The second kappa shape index (κ2) is 11.6. The molecule has 2 atom stereocenters. The van der Waals surface area contributed by atoms with Gasteiger partial charge in [0.2, 0.25) is 0 Å². The van der Waals surface area contributed by atoms with Gasteiger partial charge in [-0.3, -0.25) is 9.63 Å². The standard InChI is InChI=1S/C29H37N3O4/c1-20-25(28(26-9-6-14-35-26)36-31-29(33)22-7-4-3-5-8-22)11-10-23-17-24(32(2)27(20)23)19-30-18-21-12-15-34-16-13-21/h3-5,7-8,10-11,17,21,26,28,30H,6,9,12-16,18-19H2,1-2H3,(H,31,33)/t26-,28?/m0/s1. The molecule has 7 nitrogen and oxygen atoms in total. The Kier molecular flexibility index (Phi) is 8.02. The van der Waals surface area contributed by atoms with E-state index in [0.717, 1.165) is 63.1 Å². The Morgan fingerprint density at radius 1 is 1.11 bits per heavy atom. The van der Waals surface area contributed by atoms with Crippen molar-refractivity contribution in [2.75, 3.05) is 26.4 Å². The third kappa shape index (κ3) is 5.49. The van der Waals surface area contributed by atoms with Gasteiger partial charge in [0.25, 0.3) is 5.91 Å². The molecule has 0 radical (unpaired) electrons. The predicted octanol–water partition coefficient (Wildman–Crippen LogP) is 4.58. The summed E-state index contributed by atoms with van der Waals surface area (Å²) in [6.07, 6.45) is 3.68. The third-order valence-electron chi connectivity index (χ3n) is 7.60. The zero-order valence-electron chi connectivity index (χ0n) is 21.3. The van der Waals surface area contributed by atoms with E-state index in [1.54, 1.807) is 12.1 Å². The first-order chi connectivity index (χ1) is 17.6. The molecule has 3 heterocycles. The molecule has 2 fully saturated rings. The van der Waals surface area contributed by atoms with Gasteiger partial charge in [-0.15, -0.1) is 0 Å². The minimum Gasteiger partial charge on any atom is -0.381 e. The molecule has 2 saturated heterocycles. The van der Waals surface area contributed by atoms with Crippen LogP contribution < -0.4 is 10.8 Å². The Labute approximate surface area is 213 Å². The first kappa shape index (κ1) is 25.0. The molecule has 2 aliphatic rings. The van der Waals surface area contributed by atoms with E-state index in [9.17, 15) is 4.79 Å². The van der Waals surface area contributed by atoms with Crippen LogP contribution in [0, 0.1) is 12.8 Å². The Bertz CT molecular complexity index is 1160. The molecule has 192 valence electrons. The summed E-state index contributed by atoms with van der Waals surface area (Å²) >= 11 is 0. The highest BCUT2D eigenvalue weighted by Crippen LogP contribution is 2.35. The summed E-state index contributed by atoms with van der Waals surface area (Å²) in [4.78, 5) is 18.8. The van der Waals surface area contributed by atoms with Gasteiger partial charge in [-0.2, -0.15) is 0 Å². The van der Waals surface area contributed by atoms with Gasteiger partial charge in [-0.1, -0.05) is 30.3 Å². The number of carbonyl (C=O) groups is 1. The quantitative estimate of drug-likeness (QED) is 0.429. The van der Waals surface area contributed by atoms with Gasteiger partial charge in [0.05, 0.1) is 11.6 Å². The number of carbonyl (C=O) groups excluding carboxylic acids is 1. The first-order valence-electron chi connectivity index (χ1n) is 13.1. The van der Waals surface area contributed by atoms with Gasteiger partial charge in [-0.05, 0) is 74.4 Å². The Balaban J connectivity index is 1.34. The van der Waals surface area contributed by atoms with Crippen LogP contribution in [0.5, 0.6) is 0 Å². The molecule has 0 saturated carbocycles. The summed E-state index contributed by atoms with van der Waals surface area (Å²) in [6, 6.07) is 15.7. The highest BCUT2D eigenvalue weighted by Gasteiger charge is 2.31. The number of fused-ring (bicyclic) bond motifs is 1. The van der Waals surface area contributed by atoms with Gasteiger partial charge in [-0.25, -0.2) is 5.48 Å². The van der Waals surface area contributed by atoms with Crippen molar-refractivity contribution in [3.63, 3.8) is 0 Å². The Morgan fingerprint density at radius 2 is 1.92 bits per heavy atom. The van der Waals surface area contributed by atoms with E-state index in [4.69, 9.17) is 14.3 Å². The number of hydrogen-bond donors (Lipinski definition) is 2. The highest BCUT2D eigenvalue weighted by molar-refractivity contribution is 5.93. The molecule has 0 aliphatic carbocycles. The monoisotopic (exact) mass is 491 g/mol. The molecular formula is C29H37N3O4. The van der Waals surface area contributed by atoms with Crippen LogP contribution in [0.25, 0.3) is 10.9 Å². The first-order valence-corrected chi connectivity index (χ1v) is 13.1. The Hall–Kier alpha value is -2.71. The lowest BCUT2D eigenvalue weighted by Gasteiger charge is -2.25. The third-order valence-corrected chi connectivity index (χ3v) is 7.60.